The Morgan fingerprint density at radius 3 is 2.05 bits per heavy atom. The molecular formula is C15H14O4S. The standard InChI is InChI=1S/C15H14O4S/c1-10-3-6-12(7-4-10)15(16)13-8-5-11(2)14(9-13)20(17,18)19/h3-9H,1-2H3,(H,17,18,19). The van der Waals surface area contributed by atoms with Crippen LogP contribution in [0, 0.1) is 13.8 Å². The normalized spacial score (nSPS) is 11.3. The summed E-state index contributed by atoms with van der Waals surface area (Å²) in [6.45, 7) is 3.47. The first-order valence-electron chi connectivity index (χ1n) is 5.98. The van der Waals surface area contributed by atoms with Crippen molar-refractivity contribution in [1.29, 1.82) is 0 Å². The molecule has 0 saturated heterocycles. The predicted molar refractivity (Wildman–Crippen MR) is 75.6 cm³/mol. The van der Waals surface area contributed by atoms with E-state index in [-0.39, 0.29) is 16.2 Å². The highest BCUT2D eigenvalue weighted by Gasteiger charge is 2.17. The Labute approximate surface area is 117 Å². The molecule has 104 valence electrons. The van der Waals surface area contributed by atoms with E-state index in [1.165, 1.54) is 12.1 Å². The van der Waals surface area contributed by atoms with Crippen molar-refractivity contribution in [3.8, 4) is 0 Å². The lowest BCUT2D eigenvalue weighted by Crippen LogP contribution is -2.06. The van der Waals surface area contributed by atoms with E-state index in [9.17, 15) is 13.2 Å². The van der Waals surface area contributed by atoms with Gasteiger partial charge in [-0.2, -0.15) is 8.42 Å². The molecule has 20 heavy (non-hydrogen) atoms. The number of carbonyl (C=O) groups excluding carboxylic acids is 1. The van der Waals surface area contributed by atoms with E-state index in [0.29, 0.717) is 11.1 Å². The molecule has 0 spiro atoms. The van der Waals surface area contributed by atoms with Gasteiger partial charge in [-0.15, -0.1) is 0 Å². The zero-order valence-electron chi connectivity index (χ0n) is 11.1. The summed E-state index contributed by atoms with van der Waals surface area (Å²) in [7, 11) is -4.33. The second kappa shape index (κ2) is 5.19. The van der Waals surface area contributed by atoms with Crippen molar-refractivity contribution in [2.45, 2.75) is 18.7 Å². The van der Waals surface area contributed by atoms with Crippen LogP contribution in [0.3, 0.4) is 0 Å². The van der Waals surface area contributed by atoms with Crippen molar-refractivity contribution >= 4 is 15.9 Å². The van der Waals surface area contributed by atoms with Crippen molar-refractivity contribution in [2.75, 3.05) is 0 Å². The molecule has 0 atom stereocenters. The molecule has 0 heterocycles. The van der Waals surface area contributed by atoms with Crippen LogP contribution in [0.5, 0.6) is 0 Å². The van der Waals surface area contributed by atoms with Gasteiger partial charge in [0.2, 0.25) is 0 Å². The van der Waals surface area contributed by atoms with E-state index in [4.69, 9.17) is 4.55 Å². The van der Waals surface area contributed by atoms with Crippen LogP contribution in [0.25, 0.3) is 0 Å². The van der Waals surface area contributed by atoms with Crippen molar-refractivity contribution in [1.82, 2.24) is 0 Å². The molecule has 0 aromatic heterocycles. The molecule has 2 aromatic carbocycles. The van der Waals surface area contributed by atoms with Crippen molar-refractivity contribution < 1.29 is 17.8 Å². The molecule has 0 amide bonds. The maximum Gasteiger partial charge on any atom is 0.294 e. The largest absolute Gasteiger partial charge is 0.294 e. The summed E-state index contributed by atoms with van der Waals surface area (Å²) in [4.78, 5) is 12.0. The monoisotopic (exact) mass is 290 g/mol. The summed E-state index contributed by atoms with van der Waals surface area (Å²) in [5.41, 5.74) is 2.13. The summed E-state index contributed by atoms with van der Waals surface area (Å²) in [5, 5.41) is 0. The number of rotatable bonds is 3. The third-order valence-corrected chi connectivity index (χ3v) is 4.04. The third-order valence-electron chi connectivity index (χ3n) is 3.04. The minimum Gasteiger partial charge on any atom is -0.289 e. The van der Waals surface area contributed by atoms with Gasteiger partial charge in [0.25, 0.3) is 10.1 Å². The summed E-state index contributed by atoms with van der Waals surface area (Å²) >= 11 is 0. The molecule has 5 heteroatoms. The van der Waals surface area contributed by atoms with Crippen molar-refractivity contribution in [3.05, 3.63) is 64.7 Å². The highest BCUT2D eigenvalue weighted by atomic mass is 32.2. The van der Waals surface area contributed by atoms with Gasteiger partial charge in [0, 0.05) is 11.1 Å². The van der Waals surface area contributed by atoms with Gasteiger partial charge < -0.3 is 0 Å². The first kappa shape index (κ1) is 14.4. The van der Waals surface area contributed by atoms with Gasteiger partial charge in [0.1, 0.15) is 0 Å². The first-order valence-corrected chi connectivity index (χ1v) is 7.42. The number of ketones is 1. The summed E-state index contributed by atoms with van der Waals surface area (Å²) in [5.74, 6) is -0.282. The molecule has 0 bridgehead atoms. The van der Waals surface area contributed by atoms with E-state index < -0.39 is 10.1 Å². The quantitative estimate of drug-likeness (QED) is 0.697. The zero-order chi connectivity index (χ0) is 14.9. The maximum absolute atomic E-state index is 12.3. The Morgan fingerprint density at radius 1 is 0.950 bits per heavy atom. The minimum atomic E-state index is -4.33. The van der Waals surface area contributed by atoms with Crippen LogP contribution in [0.15, 0.2) is 47.4 Å². The van der Waals surface area contributed by atoms with Crippen LogP contribution < -0.4 is 0 Å². The van der Waals surface area contributed by atoms with E-state index in [1.54, 1.807) is 25.1 Å². The number of hydrogen-bond donors (Lipinski definition) is 1. The fourth-order valence-electron chi connectivity index (χ4n) is 1.89. The number of hydrogen-bond acceptors (Lipinski definition) is 3. The van der Waals surface area contributed by atoms with Crippen molar-refractivity contribution in [3.63, 3.8) is 0 Å². The number of aryl methyl sites for hydroxylation is 2. The molecule has 0 fully saturated rings. The van der Waals surface area contributed by atoms with Gasteiger partial charge in [0.15, 0.2) is 5.78 Å². The second-order valence-corrected chi connectivity index (χ2v) is 6.04. The van der Waals surface area contributed by atoms with E-state index in [0.717, 1.165) is 5.56 Å². The Balaban J connectivity index is 2.49. The van der Waals surface area contributed by atoms with E-state index in [2.05, 4.69) is 0 Å². The van der Waals surface area contributed by atoms with Gasteiger partial charge >= 0.3 is 0 Å². The van der Waals surface area contributed by atoms with Crippen molar-refractivity contribution in [2.24, 2.45) is 0 Å². The van der Waals surface area contributed by atoms with Gasteiger partial charge in [-0.1, -0.05) is 42.0 Å². The average Bonchev–Trinajstić information content (AvgIpc) is 2.38. The van der Waals surface area contributed by atoms with Gasteiger partial charge in [-0.05, 0) is 25.5 Å². The van der Waals surface area contributed by atoms with Gasteiger partial charge in [0.05, 0.1) is 4.90 Å². The lowest BCUT2D eigenvalue weighted by molar-refractivity contribution is 0.103. The second-order valence-electron chi connectivity index (χ2n) is 4.65. The number of carbonyl (C=O) groups is 1. The minimum absolute atomic E-state index is 0.229. The topological polar surface area (TPSA) is 71.4 Å². The molecule has 0 aliphatic carbocycles. The molecule has 2 rings (SSSR count). The highest BCUT2D eigenvalue weighted by molar-refractivity contribution is 7.85. The molecule has 2 aromatic rings. The summed E-state index contributed by atoms with van der Waals surface area (Å²) in [6, 6.07) is 11.2. The van der Waals surface area contributed by atoms with Crippen LogP contribution in [0.1, 0.15) is 27.0 Å². The van der Waals surface area contributed by atoms with Gasteiger partial charge in [-0.25, -0.2) is 0 Å². The van der Waals surface area contributed by atoms with Gasteiger partial charge in [-0.3, -0.25) is 9.35 Å². The summed E-state index contributed by atoms with van der Waals surface area (Å²) < 4.78 is 31.7. The molecule has 0 aliphatic rings. The molecule has 4 nitrogen and oxygen atoms in total. The Morgan fingerprint density at radius 2 is 1.50 bits per heavy atom. The fraction of sp³-hybridized carbons (Fsp3) is 0.133. The molecular weight excluding hydrogens is 276 g/mol. The SMILES string of the molecule is Cc1ccc(C(=O)c2ccc(C)c(S(=O)(=O)O)c2)cc1. The number of benzene rings is 2. The predicted octanol–water partition coefficient (Wildman–Crippen LogP) is 2.78. The van der Waals surface area contributed by atoms with Crippen LogP contribution in [0.4, 0.5) is 0 Å². The average molecular weight is 290 g/mol. The lowest BCUT2D eigenvalue weighted by Gasteiger charge is -2.06. The van der Waals surface area contributed by atoms with E-state index in [1.807, 2.05) is 19.1 Å². The maximum atomic E-state index is 12.3. The molecule has 0 saturated carbocycles. The molecule has 0 aliphatic heterocycles. The molecule has 0 radical (unpaired) electrons. The van der Waals surface area contributed by atoms with Crippen LogP contribution in [-0.4, -0.2) is 18.8 Å². The molecule has 0 unspecified atom stereocenters. The Bertz CT molecular complexity index is 759. The lowest BCUT2D eigenvalue weighted by atomic mass is 10.0. The molecule has 1 N–H and O–H groups in total. The Kier molecular flexibility index (Phi) is 3.74. The highest BCUT2D eigenvalue weighted by Crippen LogP contribution is 2.19. The van der Waals surface area contributed by atoms with Crippen LogP contribution in [-0.2, 0) is 10.1 Å². The fourth-order valence-corrected chi connectivity index (χ4v) is 2.64. The van der Waals surface area contributed by atoms with Crippen LogP contribution >= 0.6 is 0 Å². The third kappa shape index (κ3) is 2.95. The first-order chi connectivity index (χ1) is 9.29. The summed E-state index contributed by atoms with van der Waals surface area (Å²) in [6.07, 6.45) is 0. The van der Waals surface area contributed by atoms with E-state index >= 15 is 0 Å². The van der Waals surface area contributed by atoms with Crippen LogP contribution in [0.2, 0.25) is 0 Å². The Hall–Kier alpha value is -1.98. The smallest absolute Gasteiger partial charge is 0.289 e. The zero-order valence-corrected chi connectivity index (χ0v) is 11.9.